The molecule has 2 fully saturated rings. The van der Waals surface area contributed by atoms with Crippen molar-refractivity contribution in [1.82, 2.24) is 10.6 Å². The van der Waals surface area contributed by atoms with Crippen LogP contribution in [0.25, 0.3) is 0 Å². The SMILES string of the molecule is O=C(CNCCC1CCCC1)NCC1CC1. The van der Waals surface area contributed by atoms with E-state index in [0.29, 0.717) is 6.54 Å². The van der Waals surface area contributed by atoms with Gasteiger partial charge in [-0.1, -0.05) is 25.7 Å². The first-order valence-electron chi connectivity index (χ1n) is 6.82. The molecule has 3 nitrogen and oxygen atoms in total. The van der Waals surface area contributed by atoms with Crippen molar-refractivity contribution in [2.45, 2.75) is 44.9 Å². The van der Waals surface area contributed by atoms with E-state index in [1.165, 1.54) is 44.9 Å². The van der Waals surface area contributed by atoms with Gasteiger partial charge in [-0.2, -0.15) is 0 Å². The Labute approximate surface area is 98.4 Å². The summed E-state index contributed by atoms with van der Waals surface area (Å²) in [6.07, 6.45) is 9.46. The Morgan fingerprint density at radius 3 is 2.50 bits per heavy atom. The largest absolute Gasteiger partial charge is 0.355 e. The van der Waals surface area contributed by atoms with E-state index in [2.05, 4.69) is 10.6 Å². The Kier molecular flexibility index (Phi) is 4.64. The second-order valence-electron chi connectivity index (χ2n) is 5.36. The van der Waals surface area contributed by atoms with Gasteiger partial charge >= 0.3 is 0 Å². The van der Waals surface area contributed by atoms with Crippen LogP contribution in [0.1, 0.15) is 44.9 Å². The lowest BCUT2D eigenvalue weighted by atomic mass is 10.0. The molecule has 0 heterocycles. The molecule has 0 aromatic carbocycles. The minimum atomic E-state index is 0.165. The van der Waals surface area contributed by atoms with E-state index in [9.17, 15) is 4.79 Å². The lowest BCUT2D eigenvalue weighted by molar-refractivity contribution is -0.120. The van der Waals surface area contributed by atoms with E-state index in [1.54, 1.807) is 0 Å². The molecular formula is C13H24N2O. The van der Waals surface area contributed by atoms with Crippen LogP contribution < -0.4 is 10.6 Å². The fourth-order valence-corrected chi connectivity index (χ4v) is 2.45. The Morgan fingerprint density at radius 2 is 1.81 bits per heavy atom. The summed E-state index contributed by atoms with van der Waals surface area (Å²) < 4.78 is 0. The lowest BCUT2D eigenvalue weighted by Crippen LogP contribution is -2.35. The van der Waals surface area contributed by atoms with Crippen LogP contribution >= 0.6 is 0 Å². The predicted octanol–water partition coefficient (Wildman–Crippen LogP) is 1.68. The minimum absolute atomic E-state index is 0.165. The van der Waals surface area contributed by atoms with Crippen LogP contribution in [0.15, 0.2) is 0 Å². The van der Waals surface area contributed by atoms with Crippen LogP contribution in [0.4, 0.5) is 0 Å². The van der Waals surface area contributed by atoms with Crippen LogP contribution in [0, 0.1) is 11.8 Å². The molecule has 2 aliphatic carbocycles. The number of nitrogens with one attached hydrogen (secondary N) is 2. The molecule has 0 unspecified atom stereocenters. The van der Waals surface area contributed by atoms with E-state index < -0.39 is 0 Å². The monoisotopic (exact) mass is 224 g/mol. The number of hydrogen-bond donors (Lipinski definition) is 2. The Hall–Kier alpha value is -0.570. The van der Waals surface area contributed by atoms with Gasteiger partial charge in [0.05, 0.1) is 6.54 Å². The molecule has 2 N–H and O–H groups in total. The number of hydrogen-bond acceptors (Lipinski definition) is 2. The molecule has 1 amide bonds. The summed E-state index contributed by atoms with van der Waals surface area (Å²) >= 11 is 0. The molecular weight excluding hydrogens is 200 g/mol. The van der Waals surface area contributed by atoms with Gasteiger partial charge in [-0.3, -0.25) is 4.79 Å². The molecule has 0 aromatic rings. The highest BCUT2D eigenvalue weighted by Crippen LogP contribution is 2.27. The van der Waals surface area contributed by atoms with E-state index in [-0.39, 0.29) is 5.91 Å². The maximum atomic E-state index is 11.4. The second-order valence-corrected chi connectivity index (χ2v) is 5.36. The van der Waals surface area contributed by atoms with Crippen molar-refractivity contribution >= 4 is 5.91 Å². The summed E-state index contributed by atoms with van der Waals surface area (Å²) in [6, 6.07) is 0. The molecule has 2 aliphatic rings. The van der Waals surface area contributed by atoms with E-state index >= 15 is 0 Å². The molecule has 0 aliphatic heterocycles. The van der Waals surface area contributed by atoms with Gasteiger partial charge in [-0.15, -0.1) is 0 Å². The molecule has 0 bridgehead atoms. The third-order valence-corrected chi connectivity index (χ3v) is 3.77. The van der Waals surface area contributed by atoms with Crippen LogP contribution in [-0.2, 0) is 4.79 Å². The van der Waals surface area contributed by atoms with Crippen molar-refractivity contribution in [3.8, 4) is 0 Å². The van der Waals surface area contributed by atoms with Gasteiger partial charge in [0.2, 0.25) is 5.91 Å². The van der Waals surface area contributed by atoms with Crippen molar-refractivity contribution in [1.29, 1.82) is 0 Å². The van der Waals surface area contributed by atoms with Gasteiger partial charge < -0.3 is 10.6 Å². The fourth-order valence-electron chi connectivity index (χ4n) is 2.45. The fraction of sp³-hybridized carbons (Fsp3) is 0.923. The van der Waals surface area contributed by atoms with Gasteiger partial charge in [-0.05, 0) is 37.6 Å². The topological polar surface area (TPSA) is 41.1 Å². The first-order valence-corrected chi connectivity index (χ1v) is 6.82. The van der Waals surface area contributed by atoms with Crippen LogP contribution in [0.2, 0.25) is 0 Å². The average Bonchev–Trinajstić information content (AvgIpc) is 2.97. The standard InChI is InChI=1S/C13H24N2O/c16-13(15-9-12-5-6-12)10-14-8-7-11-3-1-2-4-11/h11-12,14H,1-10H2,(H,15,16). The highest BCUT2D eigenvalue weighted by Gasteiger charge is 2.21. The molecule has 0 atom stereocenters. The van der Waals surface area contributed by atoms with Crippen LogP contribution in [0.3, 0.4) is 0 Å². The highest BCUT2D eigenvalue weighted by atomic mass is 16.1. The Bertz CT molecular complexity index is 220. The smallest absolute Gasteiger partial charge is 0.233 e. The van der Waals surface area contributed by atoms with Crippen molar-refractivity contribution in [2.75, 3.05) is 19.6 Å². The van der Waals surface area contributed by atoms with E-state index in [1.807, 2.05) is 0 Å². The molecule has 2 saturated carbocycles. The second kappa shape index (κ2) is 6.24. The minimum Gasteiger partial charge on any atom is -0.355 e. The predicted molar refractivity (Wildman–Crippen MR) is 65.2 cm³/mol. The third kappa shape index (κ3) is 4.52. The first kappa shape index (κ1) is 11.9. The average molecular weight is 224 g/mol. The molecule has 0 radical (unpaired) electrons. The zero-order valence-electron chi connectivity index (χ0n) is 10.1. The van der Waals surface area contributed by atoms with Crippen LogP contribution in [-0.4, -0.2) is 25.5 Å². The summed E-state index contributed by atoms with van der Waals surface area (Å²) in [5.41, 5.74) is 0. The van der Waals surface area contributed by atoms with Gasteiger partial charge in [0.1, 0.15) is 0 Å². The molecule has 0 spiro atoms. The zero-order chi connectivity index (χ0) is 11.2. The van der Waals surface area contributed by atoms with Crippen molar-refractivity contribution < 1.29 is 4.79 Å². The van der Waals surface area contributed by atoms with Gasteiger partial charge in [0.15, 0.2) is 0 Å². The number of amides is 1. The normalized spacial score (nSPS) is 21.2. The van der Waals surface area contributed by atoms with Gasteiger partial charge in [-0.25, -0.2) is 0 Å². The molecule has 0 saturated heterocycles. The van der Waals surface area contributed by atoms with Gasteiger partial charge in [0.25, 0.3) is 0 Å². The maximum Gasteiger partial charge on any atom is 0.233 e. The molecule has 0 aromatic heterocycles. The Balaban J connectivity index is 1.42. The van der Waals surface area contributed by atoms with Crippen LogP contribution in [0.5, 0.6) is 0 Å². The summed E-state index contributed by atoms with van der Waals surface area (Å²) in [4.78, 5) is 11.4. The number of rotatable bonds is 7. The molecule has 16 heavy (non-hydrogen) atoms. The number of carbonyl (C=O) groups excluding carboxylic acids is 1. The summed E-state index contributed by atoms with van der Waals surface area (Å²) in [5.74, 6) is 1.86. The Morgan fingerprint density at radius 1 is 1.06 bits per heavy atom. The highest BCUT2D eigenvalue weighted by molar-refractivity contribution is 5.77. The third-order valence-electron chi connectivity index (χ3n) is 3.77. The first-order chi connectivity index (χ1) is 7.84. The molecule has 2 rings (SSSR count). The lowest BCUT2D eigenvalue weighted by Gasteiger charge is -2.09. The number of carbonyl (C=O) groups is 1. The van der Waals surface area contributed by atoms with E-state index in [4.69, 9.17) is 0 Å². The van der Waals surface area contributed by atoms with E-state index in [0.717, 1.165) is 24.9 Å². The van der Waals surface area contributed by atoms with Crippen molar-refractivity contribution in [3.63, 3.8) is 0 Å². The summed E-state index contributed by atoms with van der Waals surface area (Å²) in [5, 5.41) is 6.22. The molecule has 92 valence electrons. The zero-order valence-corrected chi connectivity index (χ0v) is 10.1. The maximum absolute atomic E-state index is 11.4. The van der Waals surface area contributed by atoms with Crippen molar-refractivity contribution in [2.24, 2.45) is 11.8 Å². The summed E-state index contributed by atoms with van der Waals surface area (Å²) in [6.45, 7) is 2.39. The van der Waals surface area contributed by atoms with Crippen molar-refractivity contribution in [3.05, 3.63) is 0 Å². The van der Waals surface area contributed by atoms with Gasteiger partial charge in [0, 0.05) is 6.54 Å². The summed E-state index contributed by atoms with van der Waals surface area (Å²) in [7, 11) is 0. The molecule has 3 heteroatoms. The quantitative estimate of drug-likeness (QED) is 0.646.